The van der Waals surface area contributed by atoms with Crippen LogP contribution >= 0.6 is 12.6 Å². The molecule has 0 fully saturated rings. The zero-order valence-corrected chi connectivity index (χ0v) is 18.1. The van der Waals surface area contributed by atoms with Crippen molar-refractivity contribution in [2.24, 2.45) is 17.4 Å². The molecular weight excluding hydrogens is 434 g/mol. The van der Waals surface area contributed by atoms with Crippen molar-refractivity contribution >= 4 is 48.2 Å². The topological polar surface area (TPSA) is 231 Å². The number of carboxylic acid groups (broad SMARTS) is 2. The van der Waals surface area contributed by atoms with E-state index in [4.69, 9.17) is 21.7 Å². The molecule has 0 spiro atoms. The van der Waals surface area contributed by atoms with Gasteiger partial charge in [-0.2, -0.15) is 12.6 Å². The molecule has 4 amide bonds. The molecule has 0 aromatic carbocycles. The monoisotopic (exact) mass is 463 g/mol. The van der Waals surface area contributed by atoms with Crippen molar-refractivity contribution in [2.75, 3.05) is 5.75 Å². The molecule has 14 heteroatoms. The van der Waals surface area contributed by atoms with Gasteiger partial charge in [-0.3, -0.25) is 24.0 Å². The number of nitrogens with one attached hydrogen (secondary N) is 3. The average molecular weight is 464 g/mol. The van der Waals surface area contributed by atoms with E-state index < -0.39 is 78.5 Å². The predicted octanol–water partition coefficient (Wildman–Crippen LogP) is -2.82. The number of hydrogen-bond donors (Lipinski definition) is 8. The normalized spacial score (nSPS) is 15.5. The van der Waals surface area contributed by atoms with Gasteiger partial charge in [0.15, 0.2) is 0 Å². The minimum atomic E-state index is -1.61. The first kappa shape index (κ1) is 28.1. The van der Waals surface area contributed by atoms with Crippen molar-refractivity contribution in [1.29, 1.82) is 0 Å². The van der Waals surface area contributed by atoms with E-state index >= 15 is 0 Å². The summed E-state index contributed by atoms with van der Waals surface area (Å²) in [5.41, 5.74) is 10.5. The lowest BCUT2D eigenvalue weighted by molar-refractivity contribution is -0.143. The van der Waals surface area contributed by atoms with Gasteiger partial charge in [0.25, 0.3) is 0 Å². The Hall–Kier alpha value is -2.87. The summed E-state index contributed by atoms with van der Waals surface area (Å²) in [6, 6.07) is -5.53. The minimum absolute atomic E-state index is 0.197. The maximum atomic E-state index is 12.7. The van der Waals surface area contributed by atoms with Gasteiger partial charge in [0, 0.05) is 5.75 Å². The third-order valence-electron chi connectivity index (χ3n) is 4.36. The molecule has 0 saturated carbocycles. The van der Waals surface area contributed by atoms with Crippen LogP contribution in [-0.2, 0) is 28.8 Å². The van der Waals surface area contributed by atoms with Gasteiger partial charge >= 0.3 is 11.9 Å². The minimum Gasteiger partial charge on any atom is -0.481 e. The predicted molar refractivity (Wildman–Crippen MR) is 111 cm³/mol. The van der Waals surface area contributed by atoms with Gasteiger partial charge in [-0.05, 0) is 5.92 Å². The average Bonchev–Trinajstić information content (AvgIpc) is 2.67. The molecule has 5 atom stereocenters. The molecule has 0 aliphatic heterocycles. The Morgan fingerprint density at radius 1 is 0.903 bits per heavy atom. The molecule has 0 aromatic rings. The number of carboxylic acids is 2. The van der Waals surface area contributed by atoms with E-state index in [1.807, 2.05) is 0 Å². The van der Waals surface area contributed by atoms with Crippen molar-refractivity contribution in [3.05, 3.63) is 0 Å². The maximum absolute atomic E-state index is 12.7. The maximum Gasteiger partial charge on any atom is 0.327 e. The highest BCUT2D eigenvalue weighted by Crippen LogP contribution is 2.10. The second kappa shape index (κ2) is 13.4. The van der Waals surface area contributed by atoms with Gasteiger partial charge < -0.3 is 37.6 Å². The molecule has 0 aliphatic carbocycles. The zero-order valence-electron chi connectivity index (χ0n) is 17.2. The lowest BCUT2D eigenvalue weighted by atomic mass is 9.97. The molecule has 13 nitrogen and oxygen atoms in total. The summed E-state index contributed by atoms with van der Waals surface area (Å²) >= 11 is 3.85. The van der Waals surface area contributed by atoms with Crippen LogP contribution < -0.4 is 27.4 Å². The SMILES string of the molecule is CCC(C)C(NC(=O)C(CC(=O)O)NC(=O)C(N)CC(N)=O)C(=O)NC(CS)C(=O)O. The van der Waals surface area contributed by atoms with Gasteiger partial charge in [-0.15, -0.1) is 0 Å². The highest BCUT2D eigenvalue weighted by Gasteiger charge is 2.33. The van der Waals surface area contributed by atoms with E-state index in [0.29, 0.717) is 6.42 Å². The molecule has 0 saturated heterocycles. The molecule has 0 aromatic heterocycles. The lowest BCUT2D eigenvalue weighted by Crippen LogP contribution is -2.59. The fourth-order valence-electron chi connectivity index (χ4n) is 2.37. The number of carbonyl (C=O) groups is 6. The van der Waals surface area contributed by atoms with Crippen LogP contribution in [0.1, 0.15) is 33.1 Å². The molecule has 0 heterocycles. The number of carbonyl (C=O) groups excluding carboxylic acids is 4. The second-order valence-corrected chi connectivity index (χ2v) is 7.25. The van der Waals surface area contributed by atoms with E-state index in [9.17, 15) is 28.8 Å². The third kappa shape index (κ3) is 10.1. The Balaban J connectivity index is 5.51. The van der Waals surface area contributed by atoms with Crippen LogP contribution in [0, 0.1) is 5.92 Å². The van der Waals surface area contributed by atoms with Crippen LogP contribution in [0.4, 0.5) is 0 Å². The standard InChI is InChI=1S/C17H29N5O8S/c1-3-7(2)13(16(28)21-10(6-31)17(29)30)22-15(27)9(5-12(24)25)20-14(26)8(18)4-11(19)23/h7-10,13,31H,3-6,18H2,1-2H3,(H2,19,23)(H,20,26)(H,21,28)(H,22,27)(H,24,25)(H,29,30). The summed E-state index contributed by atoms with van der Waals surface area (Å²) in [4.78, 5) is 70.4. The number of nitrogens with two attached hydrogens (primary N) is 2. The molecule has 9 N–H and O–H groups in total. The summed E-state index contributed by atoms with van der Waals surface area (Å²) in [5.74, 6) is -7.06. The number of rotatable bonds is 14. The van der Waals surface area contributed by atoms with Crippen LogP contribution in [0.15, 0.2) is 0 Å². The quantitative estimate of drug-likeness (QED) is 0.124. The Morgan fingerprint density at radius 2 is 1.45 bits per heavy atom. The van der Waals surface area contributed by atoms with Gasteiger partial charge in [0.1, 0.15) is 18.1 Å². The Morgan fingerprint density at radius 3 is 1.87 bits per heavy atom. The largest absolute Gasteiger partial charge is 0.481 e. The number of amides is 4. The van der Waals surface area contributed by atoms with Crippen molar-refractivity contribution < 1.29 is 39.0 Å². The van der Waals surface area contributed by atoms with Crippen molar-refractivity contribution in [3.8, 4) is 0 Å². The summed E-state index contributed by atoms with van der Waals surface area (Å²) in [6.07, 6.45) is -0.939. The lowest BCUT2D eigenvalue weighted by Gasteiger charge is -2.27. The first-order valence-corrected chi connectivity index (χ1v) is 9.97. The van der Waals surface area contributed by atoms with Gasteiger partial charge in [-0.25, -0.2) is 4.79 Å². The second-order valence-electron chi connectivity index (χ2n) is 6.89. The Labute approximate surface area is 184 Å². The van der Waals surface area contributed by atoms with Crippen LogP contribution in [-0.4, -0.2) is 75.7 Å². The Kier molecular flexibility index (Phi) is 12.2. The van der Waals surface area contributed by atoms with Crippen molar-refractivity contribution in [2.45, 2.75) is 57.3 Å². The molecule has 0 aliphatic rings. The van der Waals surface area contributed by atoms with Gasteiger partial charge in [-0.1, -0.05) is 20.3 Å². The smallest absolute Gasteiger partial charge is 0.327 e. The van der Waals surface area contributed by atoms with Gasteiger partial charge in [0.2, 0.25) is 23.6 Å². The molecule has 0 bridgehead atoms. The number of thiol groups is 1. The van der Waals surface area contributed by atoms with E-state index in [2.05, 4.69) is 28.6 Å². The summed E-state index contributed by atoms with van der Waals surface area (Å²) < 4.78 is 0. The van der Waals surface area contributed by atoms with Crippen molar-refractivity contribution in [1.82, 2.24) is 16.0 Å². The van der Waals surface area contributed by atoms with Crippen LogP contribution in [0.2, 0.25) is 0 Å². The number of hydrogen-bond acceptors (Lipinski definition) is 8. The first-order valence-electron chi connectivity index (χ1n) is 9.34. The summed E-state index contributed by atoms with van der Waals surface area (Å²) in [7, 11) is 0. The molecule has 0 rings (SSSR count). The highest BCUT2D eigenvalue weighted by molar-refractivity contribution is 7.80. The third-order valence-corrected chi connectivity index (χ3v) is 4.73. The molecule has 5 unspecified atom stereocenters. The summed E-state index contributed by atoms with van der Waals surface area (Å²) in [6.45, 7) is 3.35. The fraction of sp³-hybridized carbons (Fsp3) is 0.647. The Bertz CT molecular complexity index is 704. The van der Waals surface area contributed by atoms with E-state index in [-0.39, 0.29) is 5.75 Å². The number of primary amides is 1. The molecule has 31 heavy (non-hydrogen) atoms. The van der Waals surface area contributed by atoms with E-state index in [0.717, 1.165) is 0 Å². The van der Waals surface area contributed by atoms with E-state index in [1.54, 1.807) is 13.8 Å². The van der Waals surface area contributed by atoms with E-state index in [1.165, 1.54) is 0 Å². The molecular formula is C17H29N5O8S. The first-order chi connectivity index (χ1) is 14.3. The number of aliphatic carboxylic acids is 2. The van der Waals surface area contributed by atoms with Crippen LogP contribution in [0.3, 0.4) is 0 Å². The van der Waals surface area contributed by atoms with Crippen LogP contribution in [0.25, 0.3) is 0 Å². The zero-order chi connectivity index (χ0) is 24.3. The molecule has 176 valence electrons. The van der Waals surface area contributed by atoms with Crippen LogP contribution in [0.5, 0.6) is 0 Å². The fourth-order valence-corrected chi connectivity index (χ4v) is 2.62. The summed E-state index contributed by atoms with van der Waals surface area (Å²) in [5, 5.41) is 24.8. The highest BCUT2D eigenvalue weighted by atomic mass is 32.1. The van der Waals surface area contributed by atoms with Crippen molar-refractivity contribution in [3.63, 3.8) is 0 Å². The van der Waals surface area contributed by atoms with Gasteiger partial charge in [0.05, 0.1) is 18.9 Å². The molecule has 0 radical (unpaired) electrons.